The van der Waals surface area contributed by atoms with Crippen LogP contribution in [0.3, 0.4) is 0 Å². The summed E-state index contributed by atoms with van der Waals surface area (Å²) in [6.07, 6.45) is 0. The molecule has 0 aliphatic carbocycles. The van der Waals surface area contributed by atoms with Crippen LogP contribution in [0.4, 0.5) is 0 Å². The molecule has 0 spiro atoms. The van der Waals surface area contributed by atoms with Crippen LogP contribution in [0.15, 0.2) is 24.3 Å². The molecule has 0 saturated carbocycles. The molecule has 0 heterocycles. The molecular formula is C9H9O. The Bertz CT molecular complexity index is 298. The summed E-state index contributed by atoms with van der Waals surface area (Å²) in [5.41, 5.74) is 0. The summed E-state index contributed by atoms with van der Waals surface area (Å²) in [5, 5.41) is 12.4. The Balaban J connectivity index is 3.39. The summed E-state index contributed by atoms with van der Waals surface area (Å²) in [5.74, 6) is 0.0972. The molecule has 0 saturated heterocycles. The monoisotopic (exact) mass is 133 g/mol. The Morgan fingerprint density at radius 2 is 1.80 bits per heavy atom. The second kappa shape index (κ2) is 2.56. The van der Waals surface area contributed by atoms with E-state index in [1.54, 1.807) is 19.1 Å². The Kier molecular flexibility index (Phi) is 1.76. The molecule has 1 rings (SSSR count). The fourth-order valence-electron chi connectivity index (χ4n) is 0.739. The first-order chi connectivity index (χ1) is 4.70. The molecule has 0 bridgehead atoms. The number of hydrogen-bond acceptors (Lipinski definition) is 0. The van der Waals surface area contributed by atoms with Crippen molar-refractivity contribution >= 4 is 12.3 Å². The summed E-state index contributed by atoms with van der Waals surface area (Å²) in [6, 6.07) is 7.22. The number of rotatable bonds is 0. The molecule has 0 amide bonds. The summed E-state index contributed by atoms with van der Waals surface area (Å²) in [6.45, 7) is 5.26. The molecule has 0 unspecified atom stereocenters. The van der Waals surface area contributed by atoms with Gasteiger partial charge in [0.1, 0.15) is 0 Å². The van der Waals surface area contributed by atoms with Gasteiger partial charge in [0.2, 0.25) is 0 Å². The van der Waals surface area contributed by atoms with Gasteiger partial charge >= 0.3 is 0 Å². The lowest BCUT2D eigenvalue weighted by atomic mass is 10.2. The normalized spacial score (nSPS) is 9.30. The SMILES string of the molecule is C=c1ccc(=C(C)[O])cc1. The van der Waals surface area contributed by atoms with Crippen LogP contribution in [0.2, 0.25) is 0 Å². The highest BCUT2D eigenvalue weighted by Crippen LogP contribution is 1.79. The van der Waals surface area contributed by atoms with E-state index in [2.05, 4.69) is 6.58 Å². The van der Waals surface area contributed by atoms with Gasteiger partial charge in [-0.25, -0.2) is 0 Å². The van der Waals surface area contributed by atoms with Gasteiger partial charge in [0.05, 0.1) is 0 Å². The maximum Gasteiger partial charge on any atom is 0.159 e. The Labute approximate surface area is 59.9 Å². The van der Waals surface area contributed by atoms with Crippen molar-refractivity contribution in [3.63, 3.8) is 0 Å². The van der Waals surface area contributed by atoms with E-state index in [9.17, 15) is 5.11 Å². The Hall–Kier alpha value is -1.24. The topological polar surface area (TPSA) is 19.9 Å². The zero-order valence-electron chi connectivity index (χ0n) is 5.92. The molecule has 1 nitrogen and oxygen atoms in total. The first kappa shape index (κ1) is 6.87. The zero-order chi connectivity index (χ0) is 7.56. The van der Waals surface area contributed by atoms with Gasteiger partial charge < -0.3 is 0 Å². The van der Waals surface area contributed by atoms with Crippen LogP contribution >= 0.6 is 0 Å². The molecule has 0 N–H and O–H groups in total. The van der Waals surface area contributed by atoms with Crippen LogP contribution in [-0.4, -0.2) is 0 Å². The van der Waals surface area contributed by atoms with E-state index >= 15 is 0 Å². The van der Waals surface area contributed by atoms with Crippen LogP contribution in [0.1, 0.15) is 6.92 Å². The van der Waals surface area contributed by atoms with Gasteiger partial charge in [-0.1, -0.05) is 30.8 Å². The van der Waals surface area contributed by atoms with Gasteiger partial charge in [-0.15, -0.1) is 0 Å². The van der Waals surface area contributed by atoms with Crippen LogP contribution in [0.5, 0.6) is 0 Å². The van der Waals surface area contributed by atoms with E-state index in [-0.39, 0.29) is 5.76 Å². The van der Waals surface area contributed by atoms with Crippen LogP contribution in [-0.2, 0) is 5.11 Å². The quantitative estimate of drug-likeness (QED) is 0.495. The molecule has 0 aliphatic rings. The molecule has 1 aromatic rings. The van der Waals surface area contributed by atoms with E-state index in [0.717, 1.165) is 10.4 Å². The maximum atomic E-state index is 10.7. The highest BCUT2D eigenvalue weighted by atomic mass is 16.3. The summed E-state index contributed by atoms with van der Waals surface area (Å²) in [4.78, 5) is 0. The molecule has 51 valence electrons. The van der Waals surface area contributed by atoms with Crippen molar-refractivity contribution in [1.29, 1.82) is 0 Å². The molecule has 0 fully saturated rings. The predicted octanol–water partition coefficient (Wildman–Crippen LogP) is 0.656. The third kappa shape index (κ3) is 1.38. The van der Waals surface area contributed by atoms with Crippen LogP contribution in [0, 0.1) is 0 Å². The first-order valence-electron chi connectivity index (χ1n) is 3.13. The van der Waals surface area contributed by atoms with Crippen molar-refractivity contribution in [2.24, 2.45) is 0 Å². The van der Waals surface area contributed by atoms with Crippen LogP contribution in [0.25, 0.3) is 12.3 Å². The van der Waals surface area contributed by atoms with Crippen molar-refractivity contribution in [3.8, 4) is 0 Å². The van der Waals surface area contributed by atoms with Crippen LogP contribution < -0.4 is 10.4 Å². The van der Waals surface area contributed by atoms with E-state index in [1.165, 1.54) is 0 Å². The van der Waals surface area contributed by atoms with Crippen molar-refractivity contribution in [2.75, 3.05) is 0 Å². The van der Waals surface area contributed by atoms with Crippen molar-refractivity contribution in [3.05, 3.63) is 34.7 Å². The molecule has 1 aromatic carbocycles. The van der Waals surface area contributed by atoms with Gasteiger partial charge in [-0.2, -0.15) is 0 Å². The minimum atomic E-state index is 0.0972. The smallest absolute Gasteiger partial charge is 0.159 e. The highest BCUT2D eigenvalue weighted by Gasteiger charge is 1.84. The number of benzene rings is 1. The summed E-state index contributed by atoms with van der Waals surface area (Å²) >= 11 is 0. The molecule has 0 aromatic heterocycles. The standard InChI is InChI=1S/C9H9O/c1-7-3-5-9(6-4-7)8(2)10/h3-6H,1H2,2H3. The molecular weight excluding hydrogens is 124 g/mol. The largest absolute Gasteiger partial charge is 0.295 e. The third-order valence-corrected chi connectivity index (χ3v) is 1.36. The second-order valence-corrected chi connectivity index (χ2v) is 2.25. The van der Waals surface area contributed by atoms with E-state index in [1.807, 2.05) is 12.1 Å². The average molecular weight is 133 g/mol. The number of hydrogen-bond donors (Lipinski definition) is 0. The molecule has 1 heteroatoms. The highest BCUT2D eigenvalue weighted by molar-refractivity contribution is 5.30. The van der Waals surface area contributed by atoms with Crippen molar-refractivity contribution in [2.45, 2.75) is 6.92 Å². The van der Waals surface area contributed by atoms with E-state index in [0.29, 0.717) is 0 Å². The molecule has 0 aliphatic heterocycles. The predicted molar refractivity (Wildman–Crippen MR) is 41.0 cm³/mol. The van der Waals surface area contributed by atoms with Gasteiger partial charge in [-0.05, 0) is 12.1 Å². The Morgan fingerprint density at radius 3 is 2.20 bits per heavy atom. The Morgan fingerprint density at radius 1 is 1.30 bits per heavy atom. The lowest BCUT2D eigenvalue weighted by molar-refractivity contribution is 0.378. The lowest BCUT2D eigenvalue weighted by Gasteiger charge is -1.84. The van der Waals surface area contributed by atoms with Gasteiger partial charge in [0.15, 0.2) is 5.76 Å². The van der Waals surface area contributed by atoms with Gasteiger partial charge in [-0.3, -0.25) is 5.11 Å². The zero-order valence-corrected chi connectivity index (χ0v) is 5.92. The third-order valence-electron chi connectivity index (χ3n) is 1.36. The van der Waals surface area contributed by atoms with Crippen molar-refractivity contribution in [1.82, 2.24) is 0 Å². The fourth-order valence-corrected chi connectivity index (χ4v) is 0.739. The van der Waals surface area contributed by atoms with E-state index < -0.39 is 0 Å². The molecule has 10 heavy (non-hydrogen) atoms. The second-order valence-electron chi connectivity index (χ2n) is 2.25. The minimum Gasteiger partial charge on any atom is -0.295 e. The molecule has 1 radical (unpaired) electrons. The fraction of sp³-hybridized carbons (Fsp3) is 0.111. The lowest BCUT2D eigenvalue weighted by Crippen LogP contribution is -2.07. The van der Waals surface area contributed by atoms with E-state index in [4.69, 9.17) is 0 Å². The maximum absolute atomic E-state index is 10.7. The summed E-state index contributed by atoms with van der Waals surface area (Å²) < 4.78 is 0. The average Bonchev–Trinajstić information content (AvgIpc) is 1.88. The van der Waals surface area contributed by atoms with Gasteiger partial charge in [0, 0.05) is 5.22 Å². The molecule has 0 atom stereocenters. The minimum absolute atomic E-state index is 0.0972. The van der Waals surface area contributed by atoms with Gasteiger partial charge in [0.25, 0.3) is 0 Å². The van der Waals surface area contributed by atoms with Crippen molar-refractivity contribution < 1.29 is 5.11 Å². The first-order valence-corrected chi connectivity index (χ1v) is 3.13. The summed E-state index contributed by atoms with van der Waals surface area (Å²) in [7, 11) is 0.